The molecule has 2 saturated heterocycles. The number of carbonyl (C=O) groups excluding carboxylic acids is 1. The molecule has 1 amide bonds. The molecule has 2 aliphatic heterocycles. The van der Waals surface area contributed by atoms with Crippen LogP contribution in [0.1, 0.15) is 36.0 Å². The van der Waals surface area contributed by atoms with E-state index in [0.29, 0.717) is 37.9 Å². The van der Waals surface area contributed by atoms with E-state index in [0.717, 1.165) is 6.42 Å². The average molecular weight is 429 g/mol. The van der Waals surface area contributed by atoms with Gasteiger partial charge in [-0.05, 0) is 43.7 Å². The molecule has 0 spiro atoms. The topological polar surface area (TPSA) is 91.8 Å². The van der Waals surface area contributed by atoms with Crippen molar-refractivity contribution in [2.24, 2.45) is 5.92 Å². The Hall–Kier alpha value is -1.45. The summed E-state index contributed by atoms with van der Waals surface area (Å²) in [5, 5.41) is -0.633. The number of piperidine rings is 2. The van der Waals surface area contributed by atoms with E-state index in [1.807, 2.05) is 6.07 Å². The maximum absolute atomic E-state index is 13.2. The van der Waals surface area contributed by atoms with Gasteiger partial charge in [-0.15, -0.1) is 0 Å². The number of nitrogens with zero attached hydrogens (tertiary/aromatic N) is 2. The highest BCUT2D eigenvalue weighted by atomic mass is 32.2. The van der Waals surface area contributed by atoms with Crippen LogP contribution in [-0.4, -0.2) is 75.4 Å². The molecule has 1 aromatic carbocycles. The number of amides is 1. The van der Waals surface area contributed by atoms with E-state index < -0.39 is 25.1 Å². The smallest absolute Gasteiger partial charge is 0.253 e. The van der Waals surface area contributed by atoms with Crippen LogP contribution in [-0.2, 0) is 19.9 Å². The van der Waals surface area contributed by atoms with Crippen molar-refractivity contribution in [2.75, 3.05) is 38.2 Å². The second-order valence-electron chi connectivity index (χ2n) is 7.89. The molecule has 0 N–H and O–H groups in total. The number of carbonyl (C=O) groups is 1. The lowest BCUT2D eigenvalue weighted by molar-refractivity contribution is 0.0725. The van der Waals surface area contributed by atoms with Gasteiger partial charge >= 0.3 is 0 Å². The van der Waals surface area contributed by atoms with Crippen molar-refractivity contribution in [1.29, 1.82) is 0 Å². The molecule has 2 heterocycles. The molecule has 0 bridgehead atoms. The molecule has 9 heteroatoms. The predicted octanol–water partition coefficient (Wildman–Crippen LogP) is 1.38. The average Bonchev–Trinajstić information content (AvgIpc) is 2.67. The summed E-state index contributed by atoms with van der Waals surface area (Å²) in [7, 11) is -6.72. The summed E-state index contributed by atoms with van der Waals surface area (Å²) in [6, 6.07) is 8.90. The largest absolute Gasteiger partial charge is 0.337 e. The lowest BCUT2D eigenvalue weighted by atomic mass is 10.0. The standard InChI is InChI=1S/C19H28N2O5S2/c1-27(23,24)15-16-7-5-12-21(13-16)28(25,26)18-10-6-11-20(14-18)19(22)17-8-3-2-4-9-17/h2-4,8-9,16,18H,5-7,10-15H2,1H3. The zero-order valence-corrected chi connectivity index (χ0v) is 17.8. The van der Waals surface area contributed by atoms with Crippen molar-refractivity contribution in [2.45, 2.75) is 30.9 Å². The van der Waals surface area contributed by atoms with Gasteiger partial charge in [-0.2, -0.15) is 0 Å². The summed E-state index contributed by atoms with van der Waals surface area (Å²) in [5.41, 5.74) is 0.562. The second kappa shape index (κ2) is 8.51. The lowest BCUT2D eigenvalue weighted by Crippen LogP contribution is -2.52. The van der Waals surface area contributed by atoms with E-state index in [-0.39, 0.29) is 30.7 Å². The SMILES string of the molecule is CS(=O)(=O)CC1CCCN(S(=O)(=O)C2CCCN(C(=O)c3ccccc3)C2)C1. The van der Waals surface area contributed by atoms with Crippen LogP contribution in [0.4, 0.5) is 0 Å². The molecule has 2 unspecified atom stereocenters. The van der Waals surface area contributed by atoms with Crippen molar-refractivity contribution >= 4 is 25.8 Å². The molecule has 1 aromatic rings. The van der Waals surface area contributed by atoms with Crippen molar-refractivity contribution in [3.05, 3.63) is 35.9 Å². The Balaban J connectivity index is 1.70. The maximum atomic E-state index is 13.2. The van der Waals surface area contributed by atoms with Crippen LogP contribution in [0.25, 0.3) is 0 Å². The maximum Gasteiger partial charge on any atom is 0.253 e. The molecular formula is C19H28N2O5S2. The zero-order valence-electron chi connectivity index (χ0n) is 16.2. The Labute approximate surface area is 167 Å². The van der Waals surface area contributed by atoms with Crippen LogP contribution in [0.3, 0.4) is 0 Å². The first-order valence-electron chi connectivity index (χ1n) is 9.68. The second-order valence-corrected chi connectivity index (χ2v) is 12.3. The molecule has 0 saturated carbocycles. The summed E-state index contributed by atoms with van der Waals surface area (Å²) in [5.74, 6) is -0.291. The Morgan fingerprint density at radius 1 is 1.00 bits per heavy atom. The first-order valence-corrected chi connectivity index (χ1v) is 13.2. The van der Waals surface area contributed by atoms with Crippen LogP contribution in [0.15, 0.2) is 30.3 Å². The van der Waals surface area contributed by atoms with Gasteiger partial charge in [-0.25, -0.2) is 21.1 Å². The summed E-state index contributed by atoms with van der Waals surface area (Å²) in [6.45, 7) is 1.41. The van der Waals surface area contributed by atoms with E-state index >= 15 is 0 Å². The third-order valence-corrected chi connectivity index (χ3v) is 8.84. The fourth-order valence-electron chi connectivity index (χ4n) is 4.16. The summed E-state index contributed by atoms with van der Waals surface area (Å²) < 4.78 is 51.0. The highest BCUT2D eigenvalue weighted by Gasteiger charge is 2.39. The molecule has 2 aliphatic rings. The van der Waals surface area contributed by atoms with E-state index in [4.69, 9.17) is 0 Å². The van der Waals surface area contributed by atoms with Crippen LogP contribution in [0.2, 0.25) is 0 Å². The number of hydrogen-bond donors (Lipinski definition) is 0. The van der Waals surface area contributed by atoms with Crippen LogP contribution >= 0.6 is 0 Å². The molecule has 0 radical (unpaired) electrons. The van der Waals surface area contributed by atoms with Gasteiger partial charge < -0.3 is 4.90 Å². The molecule has 3 rings (SSSR count). The molecule has 156 valence electrons. The van der Waals surface area contributed by atoms with Crippen molar-refractivity contribution in [3.8, 4) is 0 Å². The molecule has 2 fully saturated rings. The van der Waals surface area contributed by atoms with Gasteiger partial charge in [-0.3, -0.25) is 4.79 Å². The minimum atomic E-state index is -3.58. The predicted molar refractivity (Wildman–Crippen MR) is 108 cm³/mol. The Morgan fingerprint density at radius 3 is 2.36 bits per heavy atom. The van der Waals surface area contributed by atoms with Gasteiger partial charge in [0.05, 0.1) is 11.0 Å². The van der Waals surface area contributed by atoms with Crippen LogP contribution in [0, 0.1) is 5.92 Å². The highest BCUT2D eigenvalue weighted by Crippen LogP contribution is 2.27. The van der Waals surface area contributed by atoms with Crippen LogP contribution < -0.4 is 0 Å². The van der Waals surface area contributed by atoms with Gasteiger partial charge in [0, 0.05) is 38.0 Å². The van der Waals surface area contributed by atoms with E-state index in [1.165, 1.54) is 10.6 Å². The number of sulfone groups is 1. The number of likely N-dealkylation sites (tertiary alicyclic amines) is 1. The normalized spacial score (nSPS) is 24.8. The van der Waals surface area contributed by atoms with E-state index in [2.05, 4.69) is 0 Å². The Kier molecular flexibility index (Phi) is 6.46. The minimum Gasteiger partial charge on any atom is -0.337 e. The summed E-state index contributed by atoms with van der Waals surface area (Å²) >= 11 is 0. The molecule has 0 aliphatic carbocycles. The highest BCUT2D eigenvalue weighted by molar-refractivity contribution is 7.90. The number of rotatable bonds is 5. The Bertz CT molecular complexity index is 900. The van der Waals surface area contributed by atoms with E-state index in [9.17, 15) is 21.6 Å². The fraction of sp³-hybridized carbons (Fsp3) is 0.632. The minimum absolute atomic E-state index is 0.0162. The summed E-state index contributed by atoms with van der Waals surface area (Å²) in [6.07, 6.45) is 3.74. The molecule has 2 atom stereocenters. The van der Waals surface area contributed by atoms with Crippen LogP contribution in [0.5, 0.6) is 0 Å². The third-order valence-electron chi connectivity index (χ3n) is 5.49. The van der Waals surface area contributed by atoms with Gasteiger partial charge in [0.2, 0.25) is 10.0 Å². The summed E-state index contributed by atoms with van der Waals surface area (Å²) in [4.78, 5) is 14.3. The Morgan fingerprint density at radius 2 is 1.68 bits per heavy atom. The van der Waals surface area contributed by atoms with Gasteiger partial charge in [0.1, 0.15) is 9.84 Å². The number of hydrogen-bond acceptors (Lipinski definition) is 5. The fourth-order valence-corrected chi connectivity index (χ4v) is 7.35. The number of sulfonamides is 1. The molecule has 28 heavy (non-hydrogen) atoms. The van der Waals surface area contributed by atoms with E-state index in [1.54, 1.807) is 29.2 Å². The first kappa shape index (κ1) is 21.3. The first-order chi connectivity index (χ1) is 13.2. The van der Waals surface area contributed by atoms with Crippen molar-refractivity contribution in [1.82, 2.24) is 9.21 Å². The molecule has 0 aromatic heterocycles. The molecular weight excluding hydrogens is 400 g/mol. The van der Waals surface area contributed by atoms with Crippen molar-refractivity contribution < 1.29 is 21.6 Å². The molecule has 7 nitrogen and oxygen atoms in total. The quantitative estimate of drug-likeness (QED) is 0.706. The monoisotopic (exact) mass is 428 g/mol. The third kappa shape index (κ3) is 5.12. The number of benzene rings is 1. The van der Waals surface area contributed by atoms with Gasteiger partial charge in [-0.1, -0.05) is 18.2 Å². The van der Waals surface area contributed by atoms with Gasteiger partial charge in [0.15, 0.2) is 0 Å². The van der Waals surface area contributed by atoms with Gasteiger partial charge in [0.25, 0.3) is 5.91 Å². The lowest BCUT2D eigenvalue weighted by Gasteiger charge is -2.38. The zero-order chi connectivity index (χ0) is 20.4. The van der Waals surface area contributed by atoms with Crippen molar-refractivity contribution in [3.63, 3.8) is 0 Å².